The molecule has 2 N–H and O–H groups in total. The number of nitrogens with one attached hydrogen (secondary N) is 2. The summed E-state index contributed by atoms with van der Waals surface area (Å²) in [6.07, 6.45) is 5.74. The highest BCUT2D eigenvalue weighted by Gasteiger charge is 2.22. The van der Waals surface area contributed by atoms with Crippen molar-refractivity contribution < 1.29 is 0 Å². The van der Waals surface area contributed by atoms with Crippen LogP contribution in [0.25, 0.3) is 10.9 Å². The molecule has 4 aromatic rings. The quantitative estimate of drug-likeness (QED) is 0.602. The van der Waals surface area contributed by atoms with Gasteiger partial charge in [-0.15, -0.1) is 0 Å². The number of H-pyrrole nitrogens is 1. The van der Waals surface area contributed by atoms with Gasteiger partial charge in [0.05, 0.1) is 12.2 Å². The summed E-state index contributed by atoms with van der Waals surface area (Å²) >= 11 is 0. The Kier molecular flexibility index (Phi) is 3.54. The van der Waals surface area contributed by atoms with Crippen LogP contribution in [-0.4, -0.2) is 19.7 Å². The number of hydrogen-bond acceptors (Lipinski definition) is 3. The van der Waals surface area contributed by atoms with Crippen LogP contribution in [0.2, 0.25) is 0 Å². The molecule has 0 fully saturated rings. The Hall–Kier alpha value is -3.08. The van der Waals surface area contributed by atoms with Gasteiger partial charge in [-0.05, 0) is 25.1 Å². The lowest BCUT2D eigenvalue weighted by molar-refractivity contribution is 0.766. The number of rotatable bonds is 4. The maximum Gasteiger partial charge on any atom is 0.126 e. The number of fused-ring (bicyclic) bond motifs is 1. The molecule has 24 heavy (non-hydrogen) atoms. The third-order valence-electron chi connectivity index (χ3n) is 4.25. The second kappa shape index (κ2) is 5.85. The average Bonchev–Trinajstić information content (AvgIpc) is 3.16. The number of hydrogen-bond donors (Lipinski definition) is 2. The maximum atomic E-state index is 4.42. The predicted molar refractivity (Wildman–Crippen MR) is 95.9 cm³/mol. The van der Waals surface area contributed by atoms with E-state index >= 15 is 0 Å². The van der Waals surface area contributed by atoms with Gasteiger partial charge in [-0.2, -0.15) is 5.10 Å². The van der Waals surface area contributed by atoms with Gasteiger partial charge in [0, 0.05) is 47.2 Å². The average molecular weight is 317 g/mol. The van der Waals surface area contributed by atoms with Gasteiger partial charge in [-0.3, -0.25) is 4.68 Å². The van der Waals surface area contributed by atoms with Crippen LogP contribution >= 0.6 is 0 Å². The summed E-state index contributed by atoms with van der Waals surface area (Å²) in [5, 5.41) is 9.12. The number of anilines is 1. The Morgan fingerprint density at radius 2 is 1.96 bits per heavy atom. The lowest BCUT2D eigenvalue weighted by Crippen LogP contribution is -2.13. The SMILES string of the molecule is Cc1[nH]c2ccccc2c1C(Nc1ccccn1)c1cnn(C)c1. The Balaban J connectivity index is 1.87. The van der Waals surface area contributed by atoms with Crippen LogP contribution in [0.4, 0.5) is 5.82 Å². The van der Waals surface area contributed by atoms with E-state index < -0.39 is 0 Å². The zero-order valence-corrected chi connectivity index (χ0v) is 13.7. The molecule has 3 aromatic heterocycles. The van der Waals surface area contributed by atoms with Crippen molar-refractivity contribution >= 4 is 16.7 Å². The van der Waals surface area contributed by atoms with E-state index in [0.29, 0.717) is 0 Å². The minimum Gasteiger partial charge on any atom is -0.359 e. The zero-order chi connectivity index (χ0) is 16.5. The molecule has 0 saturated carbocycles. The number of benzene rings is 1. The van der Waals surface area contributed by atoms with Gasteiger partial charge >= 0.3 is 0 Å². The molecule has 0 aliphatic heterocycles. The molecule has 0 spiro atoms. The molecule has 0 saturated heterocycles. The molecule has 3 heterocycles. The largest absolute Gasteiger partial charge is 0.359 e. The fourth-order valence-electron chi connectivity index (χ4n) is 3.18. The van der Waals surface area contributed by atoms with Gasteiger partial charge in [0.25, 0.3) is 0 Å². The smallest absolute Gasteiger partial charge is 0.126 e. The summed E-state index contributed by atoms with van der Waals surface area (Å²) in [6.45, 7) is 2.11. The van der Waals surface area contributed by atoms with Crippen LogP contribution < -0.4 is 5.32 Å². The Morgan fingerprint density at radius 3 is 2.71 bits per heavy atom. The van der Waals surface area contributed by atoms with Gasteiger partial charge in [0.15, 0.2) is 0 Å². The van der Waals surface area contributed by atoms with Gasteiger partial charge < -0.3 is 10.3 Å². The zero-order valence-electron chi connectivity index (χ0n) is 13.7. The van der Waals surface area contributed by atoms with Gasteiger partial charge in [-0.1, -0.05) is 24.3 Å². The monoisotopic (exact) mass is 317 g/mol. The van der Waals surface area contributed by atoms with Gasteiger partial charge in [-0.25, -0.2) is 4.98 Å². The Labute approximate surface area is 140 Å². The van der Waals surface area contributed by atoms with E-state index in [1.165, 1.54) is 10.9 Å². The summed E-state index contributed by atoms with van der Waals surface area (Å²) in [6, 6.07) is 14.2. The first-order valence-corrected chi connectivity index (χ1v) is 7.95. The first kappa shape index (κ1) is 14.5. The fraction of sp³-hybridized carbons (Fsp3) is 0.158. The minimum absolute atomic E-state index is 0.0234. The van der Waals surface area contributed by atoms with Crippen LogP contribution in [-0.2, 0) is 7.05 Å². The Morgan fingerprint density at radius 1 is 1.12 bits per heavy atom. The van der Waals surface area contributed by atoms with Crippen molar-refractivity contribution in [1.29, 1.82) is 0 Å². The van der Waals surface area contributed by atoms with Crippen molar-refractivity contribution in [1.82, 2.24) is 19.7 Å². The normalized spacial score (nSPS) is 12.4. The van der Waals surface area contributed by atoms with Crippen molar-refractivity contribution in [3.05, 3.63) is 77.9 Å². The van der Waals surface area contributed by atoms with Gasteiger partial charge in [0.2, 0.25) is 0 Å². The van der Waals surface area contributed by atoms with Gasteiger partial charge in [0.1, 0.15) is 5.82 Å². The van der Waals surface area contributed by atoms with Crippen LogP contribution in [0, 0.1) is 6.92 Å². The van der Waals surface area contributed by atoms with Crippen LogP contribution in [0.15, 0.2) is 61.1 Å². The van der Waals surface area contributed by atoms with E-state index in [1.807, 2.05) is 48.4 Å². The molecule has 0 bridgehead atoms. The molecular weight excluding hydrogens is 298 g/mol. The highest BCUT2D eigenvalue weighted by molar-refractivity contribution is 5.86. The predicted octanol–water partition coefficient (Wildman–Crippen LogP) is 3.81. The van der Waals surface area contributed by atoms with Crippen molar-refractivity contribution in [3.8, 4) is 0 Å². The second-order valence-corrected chi connectivity index (χ2v) is 5.95. The number of aryl methyl sites for hydroxylation is 2. The molecular formula is C19H19N5. The highest BCUT2D eigenvalue weighted by atomic mass is 15.2. The molecule has 0 radical (unpaired) electrons. The summed E-state index contributed by atoms with van der Waals surface area (Å²) in [4.78, 5) is 7.90. The highest BCUT2D eigenvalue weighted by Crippen LogP contribution is 2.33. The number of aromatic amines is 1. The fourth-order valence-corrected chi connectivity index (χ4v) is 3.18. The van der Waals surface area contributed by atoms with E-state index in [0.717, 1.165) is 22.6 Å². The first-order chi connectivity index (χ1) is 11.7. The standard InChI is InChI=1S/C19H19N5/c1-13-18(15-7-3-4-8-16(15)22-13)19(14-11-21-24(2)12-14)23-17-9-5-6-10-20-17/h3-12,19,22H,1-2H3,(H,20,23). The summed E-state index contributed by atoms with van der Waals surface area (Å²) in [5.74, 6) is 0.844. The number of para-hydroxylation sites is 1. The Bertz CT molecular complexity index is 968. The summed E-state index contributed by atoms with van der Waals surface area (Å²) < 4.78 is 1.83. The lowest BCUT2D eigenvalue weighted by atomic mass is 9.98. The number of nitrogens with zero attached hydrogens (tertiary/aromatic N) is 3. The maximum absolute atomic E-state index is 4.42. The molecule has 120 valence electrons. The van der Waals surface area contributed by atoms with Crippen molar-refractivity contribution in [3.63, 3.8) is 0 Å². The number of pyridine rings is 1. The van der Waals surface area contributed by atoms with E-state index in [1.54, 1.807) is 6.20 Å². The molecule has 5 heteroatoms. The minimum atomic E-state index is -0.0234. The molecule has 0 aliphatic carbocycles. The van der Waals surface area contributed by atoms with Crippen molar-refractivity contribution in [2.24, 2.45) is 7.05 Å². The van der Waals surface area contributed by atoms with E-state index in [9.17, 15) is 0 Å². The number of aromatic nitrogens is 4. The molecule has 1 atom stereocenters. The van der Waals surface area contributed by atoms with Crippen molar-refractivity contribution in [2.45, 2.75) is 13.0 Å². The molecule has 1 unspecified atom stereocenters. The van der Waals surface area contributed by atoms with Crippen LogP contribution in [0.1, 0.15) is 22.9 Å². The van der Waals surface area contributed by atoms with Crippen LogP contribution in [0.3, 0.4) is 0 Å². The van der Waals surface area contributed by atoms with Crippen molar-refractivity contribution in [2.75, 3.05) is 5.32 Å². The molecule has 4 rings (SSSR count). The molecule has 0 aliphatic rings. The summed E-state index contributed by atoms with van der Waals surface area (Å²) in [7, 11) is 1.93. The topological polar surface area (TPSA) is 58.5 Å². The lowest BCUT2D eigenvalue weighted by Gasteiger charge is -2.19. The third-order valence-corrected chi connectivity index (χ3v) is 4.25. The third kappa shape index (κ3) is 2.54. The van der Waals surface area contributed by atoms with E-state index in [-0.39, 0.29) is 6.04 Å². The van der Waals surface area contributed by atoms with E-state index in [2.05, 4.69) is 45.5 Å². The summed E-state index contributed by atoms with van der Waals surface area (Å²) in [5.41, 5.74) is 4.62. The first-order valence-electron chi connectivity index (χ1n) is 7.95. The molecule has 5 nitrogen and oxygen atoms in total. The van der Waals surface area contributed by atoms with E-state index in [4.69, 9.17) is 0 Å². The van der Waals surface area contributed by atoms with Crippen LogP contribution in [0.5, 0.6) is 0 Å². The molecule has 1 aromatic carbocycles. The molecule has 0 amide bonds. The second-order valence-electron chi connectivity index (χ2n) is 5.95.